The quantitative estimate of drug-likeness (QED) is 0.471. The fourth-order valence-corrected chi connectivity index (χ4v) is 2.83. The van der Waals surface area contributed by atoms with E-state index < -0.39 is 61.2 Å². The van der Waals surface area contributed by atoms with Crippen LogP contribution in [0.4, 0.5) is 27.6 Å². The van der Waals surface area contributed by atoms with E-state index in [-0.39, 0.29) is 5.02 Å². The van der Waals surface area contributed by atoms with Crippen LogP contribution in [0.15, 0.2) is 23.1 Å². The van der Waals surface area contributed by atoms with Gasteiger partial charge in [0.1, 0.15) is 10.6 Å². The van der Waals surface area contributed by atoms with Crippen LogP contribution in [0.3, 0.4) is 0 Å². The summed E-state index contributed by atoms with van der Waals surface area (Å²) >= 11 is 5.60. The standard InChI is InChI=1S/C13H6ClF5N2O3S/c14-5-2-1-4(3-6(5)25(20,23)24)13(22)21-12-10(18)8(16)7(15)9(17)11(12)19/h1-3H,(H,21,22)(H2,20,23,24). The van der Waals surface area contributed by atoms with Crippen molar-refractivity contribution < 1.29 is 35.2 Å². The lowest BCUT2D eigenvalue weighted by molar-refractivity contribution is 0.102. The van der Waals surface area contributed by atoms with Gasteiger partial charge in [-0.2, -0.15) is 0 Å². The molecule has 3 N–H and O–H groups in total. The Hall–Kier alpha value is -2.24. The third-order valence-corrected chi connectivity index (χ3v) is 4.34. The average Bonchev–Trinajstić information content (AvgIpc) is 2.54. The van der Waals surface area contributed by atoms with E-state index in [0.717, 1.165) is 12.1 Å². The number of anilines is 1. The summed E-state index contributed by atoms with van der Waals surface area (Å²) in [5.41, 5.74) is -2.09. The summed E-state index contributed by atoms with van der Waals surface area (Å²) in [6, 6.07) is 2.59. The summed E-state index contributed by atoms with van der Waals surface area (Å²) in [6.45, 7) is 0. The van der Waals surface area contributed by atoms with Crippen LogP contribution in [-0.4, -0.2) is 14.3 Å². The number of carbonyl (C=O) groups is 1. The minimum atomic E-state index is -4.33. The lowest BCUT2D eigenvalue weighted by atomic mass is 10.2. The highest BCUT2D eigenvalue weighted by molar-refractivity contribution is 7.89. The van der Waals surface area contributed by atoms with E-state index in [2.05, 4.69) is 0 Å². The minimum absolute atomic E-state index is 0.338. The Labute approximate surface area is 142 Å². The van der Waals surface area contributed by atoms with Crippen LogP contribution in [0.1, 0.15) is 10.4 Å². The Morgan fingerprint density at radius 2 is 1.44 bits per heavy atom. The smallest absolute Gasteiger partial charge is 0.255 e. The largest absolute Gasteiger partial charge is 0.317 e. The maximum Gasteiger partial charge on any atom is 0.255 e. The molecule has 2 rings (SSSR count). The molecular weight excluding hydrogens is 395 g/mol. The Kier molecular flexibility index (Phi) is 5.02. The van der Waals surface area contributed by atoms with Gasteiger partial charge in [0.25, 0.3) is 5.91 Å². The first-order valence-corrected chi connectivity index (χ1v) is 8.02. The number of amides is 1. The van der Waals surface area contributed by atoms with E-state index in [1.54, 1.807) is 0 Å². The number of primary sulfonamides is 1. The van der Waals surface area contributed by atoms with Gasteiger partial charge >= 0.3 is 0 Å². The summed E-state index contributed by atoms with van der Waals surface area (Å²) in [6.07, 6.45) is 0. The van der Waals surface area contributed by atoms with E-state index in [1.165, 1.54) is 5.32 Å². The number of hydrogen-bond acceptors (Lipinski definition) is 3. The molecule has 0 heterocycles. The molecule has 2 aromatic rings. The molecule has 1 amide bonds. The average molecular weight is 401 g/mol. The van der Waals surface area contributed by atoms with E-state index >= 15 is 0 Å². The molecule has 25 heavy (non-hydrogen) atoms. The van der Waals surface area contributed by atoms with Crippen LogP contribution >= 0.6 is 11.6 Å². The zero-order valence-corrected chi connectivity index (χ0v) is 13.3. The normalized spacial score (nSPS) is 11.5. The number of sulfonamides is 1. The van der Waals surface area contributed by atoms with Gasteiger partial charge in [0, 0.05) is 5.56 Å². The van der Waals surface area contributed by atoms with Crippen molar-refractivity contribution in [1.82, 2.24) is 0 Å². The van der Waals surface area contributed by atoms with Gasteiger partial charge in [-0.05, 0) is 18.2 Å². The summed E-state index contributed by atoms with van der Waals surface area (Å²) in [5, 5.41) is 6.03. The number of halogens is 6. The molecule has 0 saturated heterocycles. The van der Waals surface area contributed by atoms with Crippen molar-refractivity contribution >= 4 is 33.2 Å². The van der Waals surface area contributed by atoms with Crippen molar-refractivity contribution in [2.45, 2.75) is 4.90 Å². The number of nitrogens with two attached hydrogens (primary N) is 1. The van der Waals surface area contributed by atoms with Gasteiger partial charge in [0.2, 0.25) is 15.8 Å². The van der Waals surface area contributed by atoms with Crippen LogP contribution in [0.25, 0.3) is 0 Å². The highest BCUT2D eigenvalue weighted by Crippen LogP contribution is 2.28. The molecule has 0 aromatic heterocycles. The van der Waals surface area contributed by atoms with Gasteiger partial charge in [-0.15, -0.1) is 0 Å². The zero-order chi connectivity index (χ0) is 19.1. The van der Waals surface area contributed by atoms with Crippen LogP contribution in [-0.2, 0) is 10.0 Å². The lowest BCUT2D eigenvalue weighted by Gasteiger charge is -2.11. The van der Waals surface area contributed by atoms with E-state index in [9.17, 15) is 35.2 Å². The number of benzene rings is 2. The monoisotopic (exact) mass is 400 g/mol. The molecule has 5 nitrogen and oxygen atoms in total. The van der Waals surface area contributed by atoms with Gasteiger partial charge in [0.15, 0.2) is 23.3 Å². The second kappa shape index (κ2) is 6.58. The molecule has 2 aromatic carbocycles. The predicted octanol–water partition coefficient (Wildman–Crippen LogP) is 2.94. The molecule has 0 aliphatic rings. The van der Waals surface area contributed by atoms with E-state index in [0.29, 0.717) is 6.07 Å². The van der Waals surface area contributed by atoms with Gasteiger partial charge < -0.3 is 5.32 Å². The molecule has 134 valence electrons. The molecule has 0 atom stereocenters. The van der Waals surface area contributed by atoms with Crippen molar-refractivity contribution in [1.29, 1.82) is 0 Å². The molecule has 0 radical (unpaired) electrons. The number of carbonyl (C=O) groups excluding carboxylic acids is 1. The third-order valence-electron chi connectivity index (χ3n) is 2.95. The van der Waals surface area contributed by atoms with E-state index in [1.807, 2.05) is 0 Å². The molecule has 0 unspecified atom stereocenters. The van der Waals surface area contributed by atoms with E-state index in [4.69, 9.17) is 16.7 Å². The molecule has 0 fully saturated rings. The summed E-state index contributed by atoms with van der Waals surface area (Å²) in [5.74, 6) is -12.8. The highest BCUT2D eigenvalue weighted by Gasteiger charge is 2.27. The summed E-state index contributed by atoms with van der Waals surface area (Å²) in [4.78, 5) is 11.3. The van der Waals surface area contributed by atoms with Crippen LogP contribution < -0.4 is 10.5 Å². The molecular formula is C13H6ClF5N2O3S. The number of rotatable bonds is 3. The van der Waals surface area contributed by atoms with Crippen molar-refractivity contribution in [2.75, 3.05) is 5.32 Å². The first kappa shape index (κ1) is 19.1. The fraction of sp³-hybridized carbons (Fsp3) is 0. The maximum atomic E-state index is 13.5. The topological polar surface area (TPSA) is 89.3 Å². The highest BCUT2D eigenvalue weighted by atomic mass is 35.5. The van der Waals surface area contributed by atoms with Crippen LogP contribution in [0, 0.1) is 29.1 Å². The molecule has 0 aliphatic heterocycles. The van der Waals surface area contributed by atoms with Crippen molar-refractivity contribution in [3.63, 3.8) is 0 Å². The second-order valence-corrected chi connectivity index (χ2v) is 6.53. The minimum Gasteiger partial charge on any atom is -0.317 e. The van der Waals surface area contributed by atoms with Crippen molar-refractivity contribution in [2.24, 2.45) is 5.14 Å². The molecule has 0 aliphatic carbocycles. The number of nitrogens with one attached hydrogen (secondary N) is 1. The zero-order valence-electron chi connectivity index (χ0n) is 11.7. The first-order chi connectivity index (χ1) is 11.4. The lowest BCUT2D eigenvalue weighted by Crippen LogP contribution is -2.18. The molecule has 0 bridgehead atoms. The Bertz CT molecular complexity index is 969. The first-order valence-electron chi connectivity index (χ1n) is 6.10. The van der Waals surface area contributed by atoms with Crippen LogP contribution in [0.5, 0.6) is 0 Å². The molecule has 0 spiro atoms. The Balaban J connectivity index is 2.49. The summed E-state index contributed by atoms with van der Waals surface area (Å²) in [7, 11) is -4.33. The maximum absolute atomic E-state index is 13.5. The third kappa shape index (κ3) is 3.57. The summed E-state index contributed by atoms with van der Waals surface area (Å²) < 4.78 is 88.9. The van der Waals surface area contributed by atoms with Gasteiger partial charge in [-0.3, -0.25) is 4.79 Å². The second-order valence-electron chi connectivity index (χ2n) is 4.59. The van der Waals surface area contributed by atoms with Gasteiger partial charge in [0.05, 0.1) is 5.02 Å². The fourth-order valence-electron chi connectivity index (χ4n) is 1.76. The van der Waals surface area contributed by atoms with Crippen molar-refractivity contribution in [3.05, 3.63) is 57.9 Å². The predicted molar refractivity (Wildman–Crippen MR) is 77.0 cm³/mol. The Morgan fingerprint density at radius 1 is 0.960 bits per heavy atom. The Morgan fingerprint density at radius 3 is 1.92 bits per heavy atom. The molecule has 0 saturated carbocycles. The van der Waals surface area contributed by atoms with Gasteiger partial charge in [-0.1, -0.05) is 11.6 Å². The SMILES string of the molecule is NS(=O)(=O)c1cc(C(=O)Nc2c(F)c(F)c(F)c(F)c2F)ccc1Cl. The molecule has 12 heteroatoms. The van der Waals surface area contributed by atoms with Crippen LogP contribution in [0.2, 0.25) is 5.02 Å². The number of hydrogen-bond donors (Lipinski definition) is 2. The van der Waals surface area contributed by atoms with Gasteiger partial charge in [-0.25, -0.2) is 35.5 Å². The van der Waals surface area contributed by atoms with Crippen molar-refractivity contribution in [3.8, 4) is 0 Å².